The summed E-state index contributed by atoms with van der Waals surface area (Å²) < 4.78 is 0. The lowest BCUT2D eigenvalue weighted by molar-refractivity contribution is 0.696. The first-order valence-corrected chi connectivity index (χ1v) is 5.22. The van der Waals surface area contributed by atoms with E-state index < -0.39 is 0 Å². The molecular formula is C12H17N3. The van der Waals surface area contributed by atoms with Crippen molar-refractivity contribution in [1.29, 1.82) is 0 Å². The summed E-state index contributed by atoms with van der Waals surface area (Å²) in [6.07, 6.45) is 1.96. The average Bonchev–Trinajstić information content (AvgIpc) is 2.73. The number of benzene rings is 1. The second-order valence-corrected chi connectivity index (χ2v) is 3.94. The molecule has 1 aromatic carbocycles. The Kier molecular flexibility index (Phi) is 2.64. The topological polar surface area (TPSA) is 45.0 Å². The van der Waals surface area contributed by atoms with Gasteiger partial charge < -0.3 is 15.6 Å². The first-order valence-electron chi connectivity index (χ1n) is 5.22. The average molecular weight is 203 g/mol. The van der Waals surface area contributed by atoms with Crippen LogP contribution in [0.2, 0.25) is 0 Å². The fourth-order valence-electron chi connectivity index (χ4n) is 1.67. The number of anilines is 1. The largest absolute Gasteiger partial charge is 0.371 e. The summed E-state index contributed by atoms with van der Waals surface area (Å²) in [7, 11) is 2.07. The summed E-state index contributed by atoms with van der Waals surface area (Å²) in [5, 5.41) is 1.24. The molecule has 80 valence electrons. The molecule has 0 aliphatic carbocycles. The predicted octanol–water partition coefficient (Wildman–Crippen LogP) is 1.95. The van der Waals surface area contributed by atoms with E-state index in [-0.39, 0.29) is 0 Å². The highest BCUT2D eigenvalue weighted by atomic mass is 15.1. The van der Waals surface area contributed by atoms with Gasteiger partial charge in [0, 0.05) is 42.4 Å². The van der Waals surface area contributed by atoms with Crippen LogP contribution in [0.1, 0.15) is 6.92 Å². The molecule has 0 radical (unpaired) electrons. The summed E-state index contributed by atoms with van der Waals surface area (Å²) in [6, 6.07) is 8.84. The van der Waals surface area contributed by atoms with E-state index in [9.17, 15) is 0 Å². The van der Waals surface area contributed by atoms with Crippen molar-refractivity contribution in [3.8, 4) is 0 Å². The Hall–Kier alpha value is -1.48. The molecule has 0 saturated carbocycles. The van der Waals surface area contributed by atoms with Gasteiger partial charge in [-0.25, -0.2) is 0 Å². The number of likely N-dealkylation sites (N-methyl/N-ethyl adjacent to an activating group) is 1. The Morgan fingerprint density at radius 3 is 2.93 bits per heavy atom. The lowest BCUT2D eigenvalue weighted by atomic mass is 10.2. The van der Waals surface area contributed by atoms with E-state index in [4.69, 9.17) is 5.73 Å². The lowest BCUT2D eigenvalue weighted by Crippen LogP contribution is -2.35. The number of hydrogen-bond acceptors (Lipinski definition) is 2. The van der Waals surface area contributed by atoms with Gasteiger partial charge in [0.25, 0.3) is 0 Å². The zero-order valence-electron chi connectivity index (χ0n) is 9.20. The summed E-state index contributed by atoms with van der Waals surface area (Å²) >= 11 is 0. The predicted molar refractivity (Wildman–Crippen MR) is 65.2 cm³/mol. The van der Waals surface area contributed by atoms with Gasteiger partial charge in [0.15, 0.2) is 0 Å². The molecule has 3 nitrogen and oxygen atoms in total. The second-order valence-electron chi connectivity index (χ2n) is 3.94. The molecule has 3 N–H and O–H groups in total. The summed E-state index contributed by atoms with van der Waals surface area (Å²) in [4.78, 5) is 5.39. The van der Waals surface area contributed by atoms with E-state index in [1.165, 1.54) is 16.6 Å². The van der Waals surface area contributed by atoms with E-state index in [0.29, 0.717) is 12.6 Å². The minimum absolute atomic E-state index is 0.362. The van der Waals surface area contributed by atoms with Crippen LogP contribution in [-0.2, 0) is 0 Å². The van der Waals surface area contributed by atoms with Crippen LogP contribution in [0.5, 0.6) is 0 Å². The van der Waals surface area contributed by atoms with E-state index in [1.54, 1.807) is 0 Å². The SMILES string of the molecule is CC(CN)N(C)c1ccc2[nH]ccc2c1. The smallest absolute Gasteiger partial charge is 0.0455 e. The minimum Gasteiger partial charge on any atom is -0.371 e. The zero-order valence-corrected chi connectivity index (χ0v) is 9.20. The third-order valence-corrected chi connectivity index (χ3v) is 2.95. The van der Waals surface area contributed by atoms with Crippen LogP contribution < -0.4 is 10.6 Å². The van der Waals surface area contributed by atoms with Gasteiger partial charge >= 0.3 is 0 Å². The molecule has 2 aromatic rings. The molecule has 2 rings (SSSR count). The Morgan fingerprint density at radius 1 is 1.40 bits per heavy atom. The molecule has 0 saturated heterocycles. The van der Waals surface area contributed by atoms with Crippen molar-refractivity contribution in [2.45, 2.75) is 13.0 Å². The van der Waals surface area contributed by atoms with Crippen molar-refractivity contribution in [3.63, 3.8) is 0 Å². The van der Waals surface area contributed by atoms with Crippen LogP contribution in [0.15, 0.2) is 30.5 Å². The molecule has 15 heavy (non-hydrogen) atoms. The fourth-order valence-corrected chi connectivity index (χ4v) is 1.67. The summed E-state index contributed by atoms with van der Waals surface area (Å²) in [5.74, 6) is 0. The number of aromatic amines is 1. The van der Waals surface area contributed by atoms with Crippen molar-refractivity contribution >= 4 is 16.6 Å². The highest BCUT2D eigenvalue weighted by molar-refractivity contribution is 5.83. The number of rotatable bonds is 3. The third kappa shape index (κ3) is 1.83. The van der Waals surface area contributed by atoms with Crippen LogP contribution in [0, 0.1) is 0 Å². The van der Waals surface area contributed by atoms with Gasteiger partial charge in [-0.15, -0.1) is 0 Å². The Balaban J connectivity index is 2.35. The number of nitrogens with two attached hydrogens (primary N) is 1. The number of aromatic nitrogens is 1. The van der Waals surface area contributed by atoms with E-state index in [2.05, 4.69) is 48.1 Å². The molecule has 0 bridgehead atoms. The molecule has 1 aromatic heterocycles. The van der Waals surface area contributed by atoms with Crippen molar-refractivity contribution in [3.05, 3.63) is 30.5 Å². The highest BCUT2D eigenvalue weighted by Crippen LogP contribution is 2.21. The quantitative estimate of drug-likeness (QED) is 0.801. The van der Waals surface area contributed by atoms with Gasteiger partial charge in [-0.05, 0) is 31.2 Å². The van der Waals surface area contributed by atoms with Crippen molar-refractivity contribution in [2.75, 3.05) is 18.5 Å². The van der Waals surface area contributed by atoms with Crippen LogP contribution in [-0.4, -0.2) is 24.6 Å². The van der Waals surface area contributed by atoms with Crippen molar-refractivity contribution < 1.29 is 0 Å². The van der Waals surface area contributed by atoms with Gasteiger partial charge in [0.05, 0.1) is 0 Å². The molecule has 3 heteroatoms. The van der Waals surface area contributed by atoms with Gasteiger partial charge in [-0.2, -0.15) is 0 Å². The Morgan fingerprint density at radius 2 is 2.20 bits per heavy atom. The standard InChI is InChI=1S/C12H17N3/c1-9(8-13)15(2)11-3-4-12-10(7-11)5-6-14-12/h3-7,9,14H,8,13H2,1-2H3. The van der Waals surface area contributed by atoms with Crippen LogP contribution in [0.4, 0.5) is 5.69 Å². The number of hydrogen-bond donors (Lipinski definition) is 2. The fraction of sp³-hybridized carbons (Fsp3) is 0.333. The maximum Gasteiger partial charge on any atom is 0.0455 e. The monoisotopic (exact) mass is 203 g/mol. The van der Waals surface area contributed by atoms with E-state index in [1.807, 2.05) is 6.20 Å². The van der Waals surface area contributed by atoms with Crippen molar-refractivity contribution in [1.82, 2.24) is 4.98 Å². The summed E-state index contributed by atoms with van der Waals surface area (Å²) in [6.45, 7) is 2.79. The molecule has 1 unspecified atom stereocenters. The van der Waals surface area contributed by atoms with Gasteiger partial charge in [-0.3, -0.25) is 0 Å². The number of nitrogens with zero attached hydrogens (tertiary/aromatic N) is 1. The van der Waals surface area contributed by atoms with Gasteiger partial charge in [0.1, 0.15) is 0 Å². The number of fused-ring (bicyclic) bond motifs is 1. The summed E-state index contributed by atoms with van der Waals surface area (Å²) in [5.41, 5.74) is 8.04. The second kappa shape index (κ2) is 3.95. The molecule has 0 amide bonds. The molecular weight excluding hydrogens is 186 g/mol. The molecule has 0 aliphatic rings. The van der Waals surface area contributed by atoms with Gasteiger partial charge in [-0.1, -0.05) is 0 Å². The van der Waals surface area contributed by atoms with Crippen LogP contribution in [0.3, 0.4) is 0 Å². The van der Waals surface area contributed by atoms with Crippen LogP contribution >= 0.6 is 0 Å². The normalized spacial score (nSPS) is 13.0. The Bertz CT molecular complexity index is 447. The van der Waals surface area contributed by atoms with E-state index in [0.717, 1.165) is 0 Å². The number of nitrogens with one attached hydrogen (secondary N) is 1. The van der Waals surface area contributed by atoms with Crippen molar-refractivity contribution in [2.24, 2.45) is 5.73 Å². The van der Waals surface area contributed by atoms with E-state index >= 15 is 0 Å². The molecule has 0 spiro atoms. The first-order chi connectivity index (χ1) is 7.22. The zero-order chi connectivity index (χ0) is 10.8. The maximum atomic E-state index is 5.66. The maximum absolute atomic E-state index is 5.66. The molecule has 1 heterocycles. The lowest BCUT2D eigenvalue weighted by Gasteiger charge is -2.25. The molecule has 0 aliphatic heterocycles. The Labute approximate surface area is 89.9 Å². The van der Waals surface area contributed by atoms with Crippen LogP contribution in [0.25, 0.3) is 10.9 Å². The molecule has 0 fully saturated rings. The van der Waals surface area contributed by atoms with Gasteiger partial charge in [0.2, 0.25) is 0 Å². The minimum atomic E-state index is 0.362. The highest BCUT2D eigenvalue weighted by Gasteiger charge is 2.08. The number of H-pyrrole nitrogens is 1. The molecule has 1 atom stereocenters. The third-order valence-electron chi connectivity index (χ3n) is 2.95. The first kappa shape index (κ1) is 10.1.